The average molecular weight is 349 g/mol. The summed E-state index contributed by atoms with van der Waals surface area (Å²) in [6.07, 6.45) is 0.267. The fourth-order valence-electron chi connectivity index (χ4n) is 3.00. The molecule has 138 valence electrons. The van der Waals surface area contributed by atoms with Crippen molar-refractivity contribution in [1.29, 1.82) is 0 Å². The summed E-state index contributed by atoms with van der Waals surface area (Å²) < 4.78 is 10.6. The average Bonchev–Trinajstić information content (AvgIpc) is 2.92. The number of carbonyl (C=O) groups excluding carboxylic acids is 2. The summed E-state index contributed by atoms with van der Waals surface area (Å²) in [7, 11) is 8.80. The molecule has 0 saturated carbocycles. The molecule has 2 atom stereocenters. The number of nitrogens with zero attached hydrogens (tertiary/aromatic N) is 2. The summed E-state index contributed by atoms with van der Waals surface area (Å²) in [5.41, 5.74) is 0.928. The lowest BCUT2D eigenvalue weighted by atomic mass is 10.0. The van der Waals surface area contributed by atoms with Crippen LogP contribution in [0.15, 0.2) is 18.2 Å². The lowest BCUT2D eigenvalue weighted by Gasteiger charge is -2.25. The second kappa shape index (κ2) is 8.20. The third kappa shape index (κ3) is 4.63. The fourth-order valence-corrected chi connectivity index (χ4v) is 3.00. The number of hydrogen-bond acceptors (Lipinski definition) is 5. The van der Waals surface area contributed by atoms with Crippen molar-refractivity contribution in [2.45, 2.75) is 12.5 Å². The van der Waals surface area contributed by atoms with Gasteiger partial charge in [0, 0.05) is 26.6 Å². The number of amides is 2. The molecule has 1 heterocycles. The number of hydrogen-bond donors (Lipinski definition) is 1. The molecule has 1 aromatic rings. The first-order chi connectivity index (χ1) is 11.8. The maximum atomic E-state index is 12.6. The Morgan fingerprint density at radius 2 is 2.00 bits per heavy atom. The van der Waals surface area contributed by atoms with E-state index in [1.54, 1.807) is 26.2 Å². The van der Waals surface area contributed by atoms with Crippen molar-refractivity contribution in [3.05, 3.63) is 23.8 Å². The van der Waals surface area contributed by atoms with Crippen LogP contribution in [0, 0.1) is 5.92 Å². The second-order valence-corrected chi connectivity index (χ2v) is 6.61. The van der Waals surface area contributed by atoms with Gasteiger partial charge in [0.25, 0.3) is 0 Å². The van der Waals surface area contributed by atoms with Gasteiger partial charge in [0.15, 0.2) is 11.5 Å². The smallest absolute Gasteiger partial charge is 0.225 e. The molecule has 1 fully saturated rings. The van der Waals surface area contributed by atoms with E-state index >= 15 is 0 Å². The molecule has 25 heavy (non-hydrogen) atoms. The van der Waals surface area contributed by atoms with Gasteiger partial charge < -0.3 is 24.6 Å². The third-order valence-corrected chi connectivity index (χ3v) is 4.39. The Kier molecular flexibility index (Phi) is 6.25. The van der Waals surface area contributed by atoms with Crippen molar-refractivity contribution in [3.8, 4) is 11.5 Å². The molecule has 2 rings (SSSR count). The number of methoxy groups -OCH3 is 2. The SMILES string of the molecule is COc1ccc([C@H](CN(C)C)NC(=O)[C@H]2CC(=O)N(C)C2)cc1OC. The Hall–Kier alpha value is -2.28. The van der Waals surface area contributed by atoms with E-state index in [0.29, 0.717) is 24.6 Å². The van der Waals surface area contributed by atoms with Gasteiger partial charge >= 0.3 is 0 Å². The largest absolute Gasteiger partial charge is 0.493 e. The van der Waals surface area contributed by atoms with Crippen LogP contribution >= 0.6 is 0 Å². The zero-order chi connectivity index (χ0) is 18.6. The van der Waals surface area contributed by atoms with Crippen molar-refractivity contribution in [2.24, 2.45) is 5.92 Å². The van der Waals surface area contributed by atoms with E-state index < -0.39 is 0 Å². The van der Waals surface area contributed by atoms with E-state index in [4.69, 9.17) is 9.47 Å². The van der Waals surface area contributed by atoms with Gasteiger partial charge in [-0.05, 0) is 31.8 Å². The predicted octanol–water partition coefficient (Wildman–Crippen LogP) is 0.901. The quantitative estimate of drug-likeness (QED) is 0.792. The molecule has 0 aromatic heterocycles. The minimum Gasteiger partial charge on any atom is -0.493 e. The first-order valence-corrected chi connectivity index (χ1v) is 8.26. The number of benzene rings is 1. The van der Waals surface area contributed by atoms with Gasteiger partial charge in [-0.1, -0.05) is 6.07 Å². The van der Waals surface area contributed by atoms with Crippen molar-refractivity contribution in [1.82, 2.24) is 15.1 Å². The minimum absolute atomic E-state index is 0.00965. The van der Waals surface area contributed by atoms with Gasteiger partial charge in [-0.25, -0.2) is 0 Å². The van der Waals surface area contributed by atoms with Crippen LogP contribution in [0.2, 0.25) is 0 Å². The zero-order valence-corrected chi connectivity index (χ0v) is 15.5. The highest BCUT2D eigenvalue weighted by molar-refractivity contribution is 5.89. The number of ether oxygens (including phenoxy) is 2. The van der Waals surface area contributed by atoms with Crippen molar-refractivity contribution in [2.75, 3.05) is 48.5 Å². The van der Waals surface area contributed by atoms with Crippen LogP contribution in [-0.2, 0) is 9.59 Å². The summed E-state index contributed by atoms with van der Waals surface area (Å²) in [6, 6.07) is 5.42. The maximum absolute atomic E-state index is 12.6. The summed E-state index contributed by atoms with van der Waals surface area (Å²) in [5, 5.41) is 3.08. The van der Waals surface area contributed by atoms with E-state index in [9.17, 15) is 9.59 Å². The Morgan fingerprint density at radius 1 is 1.32 bits per heavy atom. The Balaban J connectivity index is 2.18. The van der Waals surface area contributed by atoms with E-state index in [1.165, 1.54) is 0 Å². The first kappa shape index (κ1) is 19.1. The van der Waals surface area contributed by atoms with Crippen LogP contribution in [0.5, 0.6) is 11.5 Å². The first-order valence-electron chi connectivity index (χ1n) is 8.26. The molecule has 0 spiro atoms. The van der Waals surface area contributed by atoms with Gasteiger partial charge in [0.1, 0.15) is 0 Å². The second-order valence-electron chi connectivity index (χ2n) is 6.61. The number of carbonyl (C=O) groups is 2. The Labute approximate surface area is 148 Å². The topological polar surface area (TPSA) is 71.1 Å². The zero-order valence-electron chi connectivity index (χ0n) is 15.5. The molecule has 2 amide bonds. The van der Waals surface area contributed by atoms with Crippen molar-refractivity contribution in [3.63, 3.8) is 0 Å². The predicted molar refractivity (Wildman–Crippen MR) is 94.7 cm³/mol. The standard InChI is InChI=1S/C18H27N3O4/c1-20(2)11-14(12-6-7-15(24-4)16(8-12)25-5)19-18(23)13-9-17(22)21(3)10-13/h6-8,13-14H,9-11H2,1-5H3,(H,19,23)/t13-,14-/m0/s1. The molecule has 1 N–H and O–H groups in total. The van der Waals surface area contributed by atoms with E-state index in [1.807, 2.05) is 37.2 Å². The number of rotatable bonds is 7. The van der Waals surface area contributed by atoms with E-state index in [2.05, 4.69) is 5.32 Å². The number of nitrogens with one attached hydrogen (secondary N) is 1. The van der Waals surface area contributed by atoms with Crippen LogP contribution in [-0.4, -0.2) is 70.1 Å². The molecule has 0 aliphatic carbocycles. The molecule has 1 aliphatic heterocycles. The van der Waals surface area contributed by atoms with Gasteiger partial charge in [-0.3, -0.25) is 9.59 Å². The molecule has 7 heteroatoms. The van der Waals surface area contributed by atoms with E-state index in [-0.39, 0.29) is 30.2 Å². The van der Waals surface area contributed by atoms with Gasteiger partial charge in [0.05, 0.1) is 26.2 Å². The maximum Gasteiger partial charge on any atom is 0.225 e. The lowest BCUT2D eigenvalue weighted by molar-refractivity contribution is -0.128. The number of likely N-dealkylation sites (N-methyl/N-ethyl adjacent to an activating group) is 1. The molecule has 1 saturated heterocycles. The highest BCUT2D eigenvalue weighted by atomic mass is 16.5. The molecule has 0 bridgehead atoms. The summed E-state index contributed by atoms with van der Waals surface area (Å²) >= 11 is 0. The monoisotopic (exact) mass is 349 g/mol. The molecular weight excluding hydrogens is 322 g/mol. The van der Waals surface area contributed by atoms with Crippen LogP contribution in [0.25, 0.3) is 0 Å². The van der Waals surface area contributed by atoms with Gasteiger partial charge in [-0.2, -0.15) is 0 Å². The molecule has 1 aliphatic rings. The summed E-state index contributed by atoms with van der Waals surface area (Å²) in [4.78, 5) is 27.9. The molecule has 0 unspecified atom stereocenters. The molecule has 1 aromatic carbocycles. The normalized spacial score (nSPS) is 18.4. The highest BCUT2D eigenvalue weighted by Crippen LogP contribution is 2.30. The fraction of sp³-hybridized carbons (Fsp3) is 0.556. The van der Waals surface area contributed by atoms with Gasteiger partial charge in [0.2, 0.25) is 11.8 Å². The lowest BCUT2D eigenvalue weighted by Crippen LogP contribution is -2.39. The van der Waals surface area contributed by atoms with Crippen LogP contribution in [0.1, 0.15) is 18.0 Å². The molecule has 7 nitrogen and oxygen atoms in total. The summed E-state index contributed by atoms with van der Waals surface area (Å²) in [6.45, 7) is 1.10. The molecular formula is C18H27N3O4. The Morgan fingerprint density at radius 3 is 2.52 bits per heavy atom. The van der Waals surface area contributed by atoms with Crippen LogP contribution in [0.4, 0.5) is 0 Å². The molecule has 0 radical (unpaired) electrons. The van der Waals surface area contributed by atoms with Gasteiger partial charge in [-0.15, -0.1) is 0 Å². The third-order valence-electron chi connectivity index (χ3n) is 4.39. The van der Waals surface area contributed by atoms with Crippen molar-refractivity contribution >= 4 is 11.8 Å². The number of likely N-dealkylation sites (tertiary alicyclic amines) is 1. The minimum atomic E-state index is -0.303. The summed E-state index contributed by atoms with van der Waals surface area (Å²) in [5.74, 6) is 0.870. The van der Waals surface area contributed by atoms with Crippen LogP contribution < -0.4 is 14.8 Å². The Bertz CT molecular complexity index is 633. The van der Waals surface area contributed by atoms with Crippen LogP contribution in [0.3, 0.4) is 0 Å². The highest BCUT2D eigenvalue weighted by Gasteiger charge is 2.33. The van der Waals surface area contributed by atoms with Crippen molar-refractivity contribution < 1.29 is 19.1 Å². The van der Waals surface area contributed by atoms with E-state index in [0.717, 1.165) is 5.56 Å².